The number of likely N-dealkylation sites (N-methyl/N-ethyl adjacent to an activating group) is 1. The molecule has 1 aliphatic rings. The summed E-state index contributed by atoms with van der Waals surface area (Å²) < 4.78 is 0. The predicted octanol–water partition coefficient (Wildman–Crippen LogP) is 9.96. The first kappa shape index (κ1) is 41.3. The van der Waals surface area contributed by atoms with Crippen LogP contribution in [0.3, 0.4) is 0 Å². The van der Waals surface area contributed by atoms with Crippen LogP contribution in [0.1, 0.15) is 131 Å². The predicted molar refractivity (Wildman–Crippen MR) is 179 cm³/mol. The number of unbranched alkanes of at least 4 members (excludes halogenated alkanes) is 2. The molecule has 0 aromatic heterocycles. The summed E-state index contributed by atoms with van der Waals surface area (Å²) in [5.74, 6) is 0.0376. The zero-order valence-electron chi connectivity index (χ0n) is 28.4. The highest BCUT2D eigenvalue weighted by Gasteiger charge is 2.36. The van der Waals surface area contributed by atoms with Crippen LogP contribution in [0.4, 0.5) is 0 Å². The molecular weight excluding hydrogens is 532 g/mol. The Morgan fingerprint density at radius 1 is 1.10 bits per heavy atom. The van der Waals surface area contributed by atoms with Gasteiger partial charge >= 0.3 is 5.97 Å². The molecule has 1 atom stereocenters. The smallest absolute Gasteiger partial charge is 0.305 e. The quantitative estimate of drug-likeness (QED) is 0.218. The van der Waals surface area contributed by atoms with Crippen molar-refractivity contribution in [3.05, 3.63) is 46.1 Å². The fraction of sp³-hybridized carbons (Fsp3) is 0.714. The average Bonchev–Trinajstić information content (AvgIpc) is 3.48. The van der Waals surface area contributed by atoms with Crippen molar-refractivity contribution < 1.29 is 14.7 Å². The standard InChI is InChI=1S/C26H39ClN2O3.C5H12.2C2H6/c1-19(2)23(17-29(18-30)15-14-25(31)32)26(3,28(4)5)22-13-12-21(24(27)16-22)11-10-20-8-6-7-9-20;1-3-5-4-2;2*1-2/h12-13,16-20H,6-11,14-15H2,1-5H3,(H,31,32);3-5H2,1-2H3;2*1-2H3/b23-17-;;;/t26-;;;/m1.../s1. The Balaban J connectivity index is 0. The molecule has 238 valence electrons. The van der Waals surface area contributed by atoms with Crippen LogP contribution in [0.15, 0.2) is 30.0 Å². The second-order valence-corrected chi connectivity index (χ2v) is 11.4. The highest BCUT2D eigenvalue weighted by atomic mass is 35.5. The normalized spacial score (nSPS) is 14.6. The number of hydrogen-bond donors (Lipinski definition) is 1. The van der Waals surface area contributed by atoms with Gasteiger partial charge < -0.3 is 10.0 Å². The number of carboxylic acids is 1. The molecule has 0 radical (unpaired) electrons. The fourth-order valence-electron chi connectivity index (χ4n) is 5.14. The van der Waals surface area contributed by atoms with E-state index in [0.717, 1.165) is 28.5 Å². The molecular formula is C35H63ClN2O3. The summed E-state index contributed by atoms with van der Waals surface area (Å²) in [5, 5.41) is 9.80. The van der Waals surface area contributed by atoms with E-state index in [1.807, 2.05) is 48.0 Å². The number of rotatable bonds is 14. The summed E-state index contributed by atoms with van der Waals surface area (Å²) in [6.45, 7) is 18.9. The third-order valence-corrected chi connectivity index (χ3v) is 8.07. The number of aryl methyl sites for hydroxylation is 1. The van der Waals surface area contributed by atoms with Gasteiger partial charge in [0.15, 0.2) is 0 Å². The third-order valence-electron chi connectivity index (χ3n) is 7.72. The maximum Gasteiger partial charge on any atom is 0.305 e. The van der Waals surface area contributed by atoms with Gasteiger partial charge in [0, 0.05) is 17.8 Å². The number of halogens is 1. The summed E-state index contributed by atoms with van der Waals surface area (Å²) in [5.41, 5.74) is 2.76. The van der Waals surface area contributed by atoms with Crippen molar-refractivity contribution in [2.75, 3.05) is 20.6 Å². The van der Waals surface area contributed by atoms with Crippen molar-refractivity contribution in [2.45, 2.75) is 132 Å². The minimum atomic E-state index is -0.924. The molecule has 41 heavy (non-hydrogen) atoms. The highest BCUT2D eigenvalue weighted by molar-refractivity contribution is 6.31. The molecule has 0 heterocycles. The lowest BCUT2D eigenvalue weighted by atomic mass is 9.78. The van der Waals surface area contributed by atoms with E-state index in [1.54, 1.807) is 0 Å². The summed E-state index contributed by atoms with van der Waals surface area (Å²) in [6.07, 6.45) is 14.1. The second-order valence-electron chi connectivity index (χ2n) is 11.0. The van der Waals surface area contributed by atoms with E-state index in [0.29, 0.717) is 6.41 Å². The van der Waals surface area contributed by atoms with Crippen molar-refractivity contribution in [1.29, 1.82) is 0 Å². The molecule has 0 bridgehead atoms. The molecule has 0 aliphatic heterocycles. The van der Waals surface area contributed by atoms with Crippen LogP contribution in [-0.2, 0) is 21.5 Å². The number of carboxylic acid groups (broad SMARTS) is 1. The van der Waals surface area contributed by atoms with E-state index in [-0.39, 0.29) is 18.9 Å². The summed E-state index contributed by atoms with van der Waals surface area (Å²) in [6, 6.07) is 6.35. The van der Waals surface area contributed by atoms with Crippen LogP contribution in [-0.4, -0.2) is 47.9 Å². The van der Waals surface area contributed by atoms with E-state index in [1.165, 1.54) is 61.8 Å². The van der Waals surface area contributed by atoms with Crippen LogP contribution in [0.5, 0.6) is 0 Å². The number of amides is 1. The van der Waals surface area contributed by atoms with Crippen LogP contribution < -0.4 is 0 Å². The first-order valence-electron chi connectivity index (χ1n) is 16.1. The molecule has 0 saturated heterocycles. The highest BCUT2D eigenvalue weighted by Crippen LogP contribution is 2.40. The summed E-state index contributed by atoms with van der Waals surface area (Å²) >= 11 is 6.76. The van der Waals surface area contributed by atoms with Gasteiger partial charge in [-0.05, 0) is 68.5 Å². The Kier molecular flexibility index (Phi) is 23.8. The first-order chi connectivity index (χ1) is 19.5. The maximum atomic E-state index is 11.6. The summed E-state index contributed by atoms with van der Waals surface area (Å²) in [7, 11) is 4.03. The largest absolute Gasteiger partial charge is 0.481 e. The molecule has 1 aromatic rings. The SMILES string of the molecule is CC.CC.CC(C)/C(=C/N(C=O)CCC(=O)O)[C@@](C)(c1ccc(CCC2CCCC2)c(Cl)c1)N(C)C.CCCCC. The number of benzene rings is 1. The van der Waals surface area contributed by atoms with Gasteiger partial charge in [-0.1, -0.05) is 124 Å². The number of aliphatic carboxylic acids is 1. The van der Waals surface area contributed by atoms with Crippen molar-refractivity contribution in [2.24, 2.45) is 11.8 Å². The molecule has 0 spiro atoms. The third kappa shape index (κ3) is 14.7. The Morgan fingerprint density at radius 2 is 1.66 bits per heavy atom. The molecule has 1 aliphatic carbocycles. The molecule has 1 aromatic carbocycles. The zero-order chi connectivity index (χ0) is 32.0. The Morgan fingerprint density at radius 3 is 2.05 bits per heavy atom. The van der Waals surface area contributed by atoms with Crippen molar-refractivity contribution in [3.8, 4) is 0 Å². The molecule has 1 amide bonds. The first-order valence-corrected chi connectivity index (χ1v) is 16.5. The van der Waals surface area contributed by atoms with Gasteiger partial charge in [-0.25, -0.2) is 0 Å². The van der Waals surface area contributed by atoms with Gasteiger partial charge in [0.05, 0.1) is 12.0 Å². The zero-order valence-corrected chi connectivity index (χ0v) is 29.1. The lowest BCUT2D eigenvalue weighted by molar-refractivity contribution is -0.137. The van der Waals surface area contributed by atoms with Crippen LogP contribution in [0, 0.1) is 11.8 Å². The number of hydrogen-bond acceptors (Lipinski definition) is 3. The lowest BCUT2D eigenvalue weighted by Crippen LogP contribution is -2.43. The van der Waals surface area contributed by atoms with Gasteiger partial charge in [-0.15, -0.1) is 0 Å². The van der Waals surface area contributed by atoms with E-state index in [9.17, 15) is 9.59 Å². The Hall–Kier alpha value is -1.85. The van der Waals surface area contributed by atoms with E-state index in [2.05, 4.69) is 57.7 Å². The average molecular weight is 595 g/mol. The van der Waals surface area contributed by atoms with Crippen LogP contribution >= 0.6 is 11.6 Å². The van der Waals surface area contributed by atoms with E-state index >= 15 is 0 Å². The van der Waals surface area contributed by atoms with Crippen molar-refractivity contribution in [3.63, 3.8) is 0 Å². The topological polar surface area (TPSA) is 60.9 Å². The van der Waals surface area contributed by atoms with Crippen molar-refractivity contribution in [1.82, 2.24) is 9.80 Å². The van der Waals surface area contributed by atoms with Gasteiger partial charge in [-0.3, -0.25) is 14.5 Å². The number of carbonyl (C=O) groups is 2. The number of carbonyl (C=O) groups excluding carboxylic acids is 1. The summed E-state index contributed by atoms with van der Waals surface area (Å²) in [4.78, 5) is 26.2. The second kappa shape index (κ2) is 23.7. The fourth-order valence-corrected chi connectivity index (χ4v) is 5.41. The van der Waals surface area contributed by atoms with E-state index < -0.39 is 11.5 Å². The van der Waals surface area contributed by atoms with E-state index in [4.69, 9.17) is 16.7 Å². The molecule has 6 heteroatoms. The molecule has 5 nitrogen and oxygen atoms in total. The minimum absolute atomic E-state index is 0.0964. The molecule has 2 rings (SSSR count). The lowest BCUT2D eigenvalue weighted by Gasteiger charge is -2.42. The van der Waals surface area contributed by atoms with Gasteiger partial charge in [0.25, 0.3) is 0 Å². The monoisotopic (exact) mass is 594 g/mol. The molecule has 0 unspecified atom stereocenters. The van der Waals surface area contributed by atoms with Gasteiger partial charge in [0.1, 0.15) is 0 Å². The van der Waals surface area contributed by atoms with Crippen LogP contribution in [0.2, 0.25) is 5.02 Å². The molecule has 1 fully saturated rings. The Bertz CT molecular complexity index is 861. The van der Waals surface area contributed by atoms with Crippen LogP contribution in [0.25, 0.3) is 0 Å². The molecule has 1 N–H and O–H groups in total. The van der Waals surface area contributed by atoms with Gasteiger partial charge in [0.2, 0.25) is 6.41 Å². The molecule has 1 saturated carbocycles. The number of nitrogens with zero attached hydrogens (tertiary/aromatic N) is 2. The maximum absolute atomic E-state index is 11.6. The Labute approximate surface area is 258 Å². The minimum Gasteiger partial charge on any atom is -0.481 e. The van der Waals surface area contributed by atoms with Gasteiger partial charge in [-0.2, -0.15) is 0 Å². The van der Waals surface area contributed by atoms with Crippen molar-refractivity contribution >= 4 is 24.0 Å².